The Labute approximate surface area is 98.0 Å². The molecule has 82 valence electrons. The van der Waals surface area contributed by atoms with Gasteiger partial charge in [0.15, 0.2) is 0 Å². The minimum Gasteiger partial charge on any atom is -0.471 e. The first-order chi connectivity index (χ1) is 7.77. The van der Waals surface area contributed by atoms with E-state index in [1.54, 1.807) is 0 Å². The Hall–Kier alpha value is -1.81. The quantitative estimate of drug-likeness (QED) is 0.887. The van der Waals surface area contributed by atoms with Gasteiger partial charge in [-0.3, -0.25) is 0 Å². The number of nitrogen functional groups attached to an aromatic ring is 1. The molecule has 0 aliphatic heterocycles. The molecule has 0 aliphatic rings. The average molecular weight is 236 g/mol. The van der Waals surface area contributed by atoms with Crippen LogP contribution in [0.2, 0.25) is 5.02 Å². The summed E-state index contributed by atoms with van der Waals surface area (Å²) in [5.41, 5.74) is 6.94. The van der Waals surface area contributed by atoms with E-state index in [-0.39, 0.29) is 0 Å². The SMILES string of the molecule is Nc1cncnc1OCc1ccccc1Cl. The van der Waals surface area contributed by atoms with Gasteiger partial charge >= 0.3 is 0 Å². The molecule has 5 heteroatoms. The molecule has 0 saturated heterocycles. The van der Waals surface area contributed by atoms with Crippen molar-refractivity contribution < 1.29 is 4.74 Å². The fraction of sp³-hybridized carbons (Fsp3) is 0.0909. The van der Waals surface area contributed by atoms with E-state index in [9.17, 15) is 0 Å². The predicted octanol–water partition coefficient (Wildman–Crippen LogP) is 2.29. The van der Waals surface area contributed by atoms with Gasteiger partial charge in [-0.15, -0.1) is 0 Å². The molecule has 1 aromatic heterocycles. The molecular formula is C11H10ClN3O. The topological polar surface area (TPSA) is 61.0 Å². The molecule has 2 rings (SSSR count). The minimum absolute atomic E-state index is 0.334. The number of ether oxygens (including phenoxy) is 1. The molecule has 0 unspecified atom stereocenters. The maximum absolute atomic E-state index is 5.99. The van der Waals surface area contributed by atoms with Gasteiger partial charge in [0.05, 0.1) is 6.20 Å². The Morgan fingerprint density at radius 3 is 2.88 bits per heavy atom. The lowest BCUT2D eigenvalue weighted by Crippen LogP contribution is -2.01. The first-order valence-corrected chi connectivity index (χ1v) is 5.07. The van der Waals surface area contributed by atoms with Crippen LogP contribution in [0, 0.1) is 0 Å². The van der Waals surface area contributed by atoms with E-state index in [1.807, 2.05) is 24.3 Å². The van der Waals surface area contributed by atoms with Crippen LogP contribution in [0.5, 0.6) is 5.88 Å². The zero-order chi connectivity index (χ0) is 11.4. The van der Waals surface area contributed by atoms with Crippen LogP contribution in [0.3, 0.4) is 0 Å². The number of rotatable bonds is 3. The summed E-state index contributed by atoms with van der Waals surface area (Å²) in [7, 11) is 0. The van der Waals surface area contributed by atoms with Gasteiger partial charge in [0.1, 0.15) is 18.6 Å². The second kappa shape index (κ2) is 4.81. The number of nitrogens with zero attached hydrogens (tertiary/aromatic N) is 2. The van der Waals surface area contributed by atoms with Crippen molar-refractivity contribution in [1.82, 2.24) is 9.97 Å². The third kappa shape index (κ3) is 2.41. The summed E-state index contributed by atoms with van der Waals surface area (Å²) in [5.74, 6) is 0.370. The van der Waals surface area contributed by atoms with Crippen LogP contribution in [0.15, 0.2) is 36.8 Å². The van der Waals surface area contributed by atoms with E-state index in [1.165, 1.54) is 12.5 Å². The molecule has 0 bridgehead atoms. The van der Waals surface area contributed by atoms with Gasteiger partial charge in [0.25, 0.3) is 0 Å². The van der Waals surface area contributed by atoms with Crippen LogP contribution < -0.4 is 10.5 Å². The number of hydrogen-bond donors (Lipinski definition) is 1. The van der Waals surface area contributed by atoms with Crippen molar-refractivity contribution >= 4 is 17.3 Å². The van der Waals surface area contributed by atoms with Crippen molar-refractivity contribution in [2.75, 3.05) is 5.73 Å². The van der Waals surface area contributed by atoms with Crippen LogP contribution in [-0.2, 0) is 6.61 Å². The summed E-state index contributed by atoms with van der Waals surface area (Å²) in [6.45, 7) is 0.334. The van der Waals surface area contributed by atoms with Crippen molar-refractivity contribution in [3.05, 3.63) is 47.4 Å². The van der Waals surface area contributed by atoms with E-state index in [4.69, 9.17) is 22.1 Å². The van der Waals surface area contributed by atoms with Crippen molar-refractivity contribution in [1.29, 1.82) is 0 Å². The van der Waals surface area contributed by atoms with Gasteiger partial charge in [0.2, 0.25) is 5.88 Å². The van der Waals surface area contributed by atoms with Crippen LogP contribution >= 0.6 is 11.6 Å². The molecule has 1 aromatic carbocycles. The van der Waals surface area contributed by atoms with Gasteiger partial charge in [-0.05, 0) is 6.07 Å². The summed E-state index contributed by atoms with van der Waals surface area (Å²) >= 11 is 5.99. The molecule has 4 nitrogen and oxygen atoms in total. The van der Waals surface area contributed by atoms with Crippen molar-refractivity contribution in [2.24, 2.45) is 0 Å². The molecule has 2 N–H and O–H groups in total. The molecule has 0 saturated carbocycles. The van der Waals surface area contributed by atoms with Gasteiger partial charge in [0, 0.05) is 10.6 Å². The second-order valence-corrected chi connectivity index (χ2v) is 3.57. The van der Waals surface area contributed by atoms with Crippen LogP contribution in [0.25, 0.3) is 0 Å². The Morgan fingerprint density at radius 2 is 2.12 bits per heavy atom. The van der Waals surface area contributed by atoms with E-state index < -0.39 is 0 Å². The van der Waals surface area contributed by atoms with Crippen molar-refractivity contribution in [3.63, 3.8) is 0 Å². The molecule has 0 atom stereocenters. The first kappa shape index (κ1) is 10.7. The van der Waals surface area contributed by atoms with E-state index in [2.05, 4.69) is 9.97 Å². The third-order valence-corrected chi connectivity index (χ3v) is 2.39. The maximum atomic E-state index is 5.99. The fourth-order valence-corrected chi connectivity index (χ4v) is 1.40. The molecule has 0 spiro atoms. The lowest BCUT2D eigenvalue weighted by atomic mass is 10.2. The second-order valence-electron chi connectivity index (χ2n) is 3.16. The summed E-state index contributed by atoms with van der Waals surface area (Å²) in [5, 5.41) is 0.662. The van der Waals surface area contributed by atoms with Crippen LogP contribution in [0.4, 0.5) is 5.69 Å². The number of hydrogen-bond acceptors (Lipinski definition) is 4. The van der Waals surface area contributed by atoms with Gasteiger partial charge in [-0.2, -0.15) is 4.98 Å². The maximum Gasteiger partial charge on any atom is 0.240 e. The van der Waals surface area contributed by atoms with E-state index in [0.29, 0.717) is 23.2 Å². The summed E-state index contributed by atoms with van der Waals surface area (Å²) in [6.07, 6.45) is 2.88. The van der Waals surface area contributed by atoms with Crippen molar-refractivity contribution in [2.45, 2.75) is 6.61 Å². The summed E-state index contributed by atoms with van der Waals surface area (Å²) < 4.78 is 5.44. The lowest BCUT2D eigenvalue weighted by molar-refractivity contribution is 0.295. The Bertz CT molecular complexity index is 445. The average Bonchev–Trinajstić information content (AvgIpc) is 2.30. The molecule has 0 radical (unpaired) electrons. The largest absolute Gasteiger partial charge is 0.471 e. The summed E-state index contributed by atoms with van der Waals surface area (Å²) in [4.78, 5) is 7.70. The first-order valence-electron chi connectivity index (χ1n) is 4.69. The number of aromatic nitrogens is 2. The normalized spacial score (nSPS) is 10.1. The molecule has 0 fully saturated rings. The van der Waals surface area contributed by atoms with Crippen LogP contribution in [-0.4, -0.2) is 9.97 Å². The lowest BCUT2D eigenvalue weighted by Gasteiger charge is -2.07. The standard InChI is InChI=1S/C11H10ClN3O/c12-9-4-2-1-3-8(9)6-16-11-10(13)5-14-7-15-11/h1-5,7H,6,13H2. The zero-order valence-corrected chi connectivity index (χ0v) is 9.19. The Balaban J connectivity index is 2.09. The number of nitrogens with two attached hydrogens (primary N) is 1. The number of halogens is 1. The Morgan fingerprint density at radius 1 is 1.31 bits per heavy atom. The fourth-order valence-electron chi connectivity index (χ4n) is 1.21. The minimum atomic E-state index is 0.334. The molecule has 16 heavy (non-hydrogen) atoms. The Kier molecular flexibility index (Phi) is 3.22. The molecule has 0 aliphatic carbocycles. The van der Waals surface area contributed by atoms with Gasteiger partial charge in [-0.25, -0.2) is 4.98 Å². The van der Waals surface area contributed by atoms with Crippen LogP contribution in [0.1, 0.15) is 5.56 Å². The van der Waals surface area contributed by atoms with Gasteiger partial charge in [-0.1, -0.05) is 29.8 Å². The molecule has 2 aromatic rings. The highest BCUT2D eigenvalue weighted by atomic mass is 35.5. The number of benzene rings is 1. The van der Waals surface area contributed by atoms with E-state index >= 15 is 0 Å². The monoisotopic (exact) mass is 235 g/mol. The highest BCUT2D eigenvalue weighted by molar-refractivity contribution is 6.31. The highest BCUT2D eigenvalue weighted by Crippen LogP contribution is 2.20. The smallest absolute Gasteiger partial charge is 0.240 e. The molecule has 0 amide bonds. The van der Waals surface area contributed by atoms with Gasteiger partial charge < -0.3 is 10.5 Å². The molecule has 1 heterocycles. The molecular weight excluding hydrogens is 226 g/mol. The zero-order valence-electron chi connectivity index (χ0n) is 8.43. The third-order valence-electron chi connectivity index (χ3n) is 2.02. The predicted molar refractivity (Wildman–Crippen MR) is 62.2 cm³/mol. The summed E-state index contributed by atoms with van der Waals surface area (Å²) in [6, 6.07) is 7.46. The highest BCUT2D eigenvalue weighted by Gasteiger charge is 2.03. The van der Waals surface area contributed by atoms with Crippen molar-refractivity contribution in [3.8, 4) is 5.88 Å². The van der Waals surface area contributed by atoms with E-state index in [0.717, 1.165) is 5.56 Å². The number of anilines is 1.